The SMILES string of the molecule is Cn1ccc(NC(=O)C(=O)Nc2ccc(Sc3nccn3C)cc2)n1. The Bertz CT molecular complexity index is 900. The molecule has 3 aromatic rings. The molecule has 0 unspecified atom stereocenters. The average Bonchev–Trinajstić information content (AvgIpc) is 3.18. The van der Waals surface area contributed by atoms with Gasteiger partial charge in [0.25, 0.3) is 0 Å². The van der Waals surface area contributed by atoms with E-state index < -0.39 is 11.8 Å². The van der Waals surface area contributed by atoms with E-state index in [0.717, 1.165) is 10.1 Å². The van der Waals surface area contributed by atoms with Gasteiger partial charge in [-0.2, -0.15) is 5.10 Å². The Morgan fingerprint density at radius 2 is 1.72 bits per heavy atom. The third-order valence-corrected chi connectivity index (χ3v) is 4.34. The first-order chi connectivity index (χ1) is 12.0. The molecule has 2 heterocycles. The van der Waals surface area contributed by atoms with Crippen molar-refractivity contribution in [2.24, 2.45) is 14.1 Å². The molecule has 8 nitrogen and oxygen atoms in total. The van der Waals surface area contributed by atoms with Crippen LogP contribution in [0.3, 0.4) is 0 Å². The monoisotopic (exact) mass is 356 g/mol. The van der Waals surface area contributed by atoms with Crippen molar-refractivity contribution in [2.45, 2.75) is 10.1 Å². The van der Waals surface area contributed by atoms with Crippen LogP contribution in [0.25, 0.3) is 0 Å². The molecule has 0 saturated heterocycles. The van der Waals surface area contributed by atoms with E-state index in [-0.39, 0.29) is 0 Å². The van der Waals surface area contributed by atoms with E-state index in [1.807, 2.05) is 29.9 Å². The predicted molar refractivity (Wildman–Crippen MR) is 94.2 cm³/mol. The van der Waals surface area contributed by atoms with Crippen LogP contribution < -0.4 is 10.6 Å². The van der Waals surface area contributed by atoms with E-state index in [1.54, 1.807) is 37.6 Å². The zero-order chi connectivity index (χ0) is 17.8. The van der Waals surface area contributed by atoms with Crippen molar-refractivity contribution >= 4 is 35.1 Å². The van der Waals surface area contributed by atoms with Gasteiger partial charge in [0.05, 0.1) is 0 Å². The van der Waals surface area contributed by atoms with Gasteiger partial charge in [-0.25, -0.2) is 4.98 Å². The van der Waals surface area contributed by atoms with Gasteiger partial charge in [0.15, 0.2) is 11.0 Å². The van der Waals surface area contributed by atoms with Crippen molar-refractivity contribution in [3.8, 4) is 0 Å². The number of anilines is 2. The summed E-state index contributed by atoms with van der Waals surface area (Å²) in [5, 5.41) is 9.84. The molecule has 0 aliphatic carbocycles. The van der Waals surface area contributed by atoms with Crippen LogP contribution in [0.4, 0.5) is 11.5 Å². The summed E-state index contributed by atoms with van der Waals surface area (Å²) in [5.41, 5.74) is 0.533. The van der Waals surface area contributed by atoms with Gasteiger partial charge in [-0.1, -0.05) is 11.8 Å². The summed E-state index contributed by atoms with van der Waals surface area (Å²) in [6.45, 7) is 0. The number of nitrogens with zero attached hydrogens (tertiary/aromatic N) is 4. The van der Waals surface area contributed by atoms with Crippen molar-refractivity contribution in [3.05, 3.63) is 48.9 Å². The fraction of sp³-hybridized carbons (Fsp3) is 0.125. The summed E-state index contributed by atoms with van der Waals surface area (Å²) in [6, 6.07) is 8.78. The van der Waals surface area contributed by atoms with E-state index >= 15 is 0 Å². The summed E-state index contributed by atoms with van der Waals surface area (Å²) in [5.74, 6) is -1.20. The van der Waals surface area contributed by atoms with Crippen LogP contribution in [0, 0.1) is 0 Å². The molecule has 1 aromatic carbocycles. The maximum Gasteiger partial charge on any atom is 0.315 e. The highest BCUT2D eigenvalue weighted by molar-refractivity contribution is 7.99. The van der Waals surface area contributed by atoms with E-state index in [9.17, 15) is 9.59 Å². The van der Waals surface area contributed by atoms with Crippen LogP contribution in [0.2, 0.25) is 0 Å². The second-order valence-corrected chi connectivity index (χ2v) is 6.27. The Morgan fingerprint density at radius 1 is 1.00 bits per heavy atom. The molecular weight excluding hydrogens is 340 g/mol. The standard InChI is InChI=1S/C16H16N6O2S/c1-21-10-8-17-16(21)25-12-5-3-11(4-6-12)18-14(23)15(24)19-13-7-9-22(2)20-13/h3-10H,1-2H3,(H,18,23)(H,19,20,24). The largest absolute Gasteiger partial charge is 0.329 e. The Hall–Kier alpha value is -3.07. The number of imidazole rings is 1. The lowest BCUT2D eigenvalue weighted by Crippen LogP contribution is -2.29. The number of hydrogen-bond acceptors (Lipinski definition) is 5. The van der Waals surface area contributed by atoms with Gasteiger partial charge in [0.2, 0.25) is 0 Å². The quantitative estimate of drug-likeness (QED) is 0.696. The second-order valence-electron chi connectivity index (χ2n) is 5.23. The zero-order valence-electron chi connectivity index (χ0n) is 13.6. The first kappa shape index (κ1) is 16.8. The lowest BCUT2D eigenvalue weighted by atomic mass is 10.3. The molecule has 0 radical (unpaired) electrons. The summed E-state index contributed by atoms with van der Waals surface area (Å²) in [7, 11) is 3.64. The smallest absolute Gasteiger partial charge is 0.315 e. The van der Waals surface area contributed by atoms with Crippen LogP contribution >= 0.6 is 11.8 Å². The fourth-order valence-electron chi connectivity index (χ4n) is 2.00. The third-order valence-electron chi connectivity index (χ3n) is 3.26. The van der Waals surface area contributed by atoms with Gasteiger partial charge in [-0.3, -0.25) is 14.3 Å². The number of carbonyl (C=O) groups excluding carboxylic acids is 2. The zero-order valence-corrected chi connectivity index (χ0v) is 14.4. The topological polar surface area (TPSA) is 93.8 Å². The minimum atomic E-state index is -0.773. The first-order valence-electron chi connectivity index (χ1n) is 7.38. The molecule has 25 heavy (non-hydrogen) atoms. The Balaban J connectivity index is 1.58. The van der Waals surface area contributed by atoms with Crippen molar-refractivity contribution in [2.75, 3.05) is 10.6 Å². The van der Waals surface area contributed by atoms with E-state index in [4.69, 9.17) is 0 Å². The lowest BCUT2D eigenvalue weighted by molar-refractivity contribution is -0.133. The lowest BCUT2D eigenvalue weighted by Gasteiger charge is -2.06. The van der Waals surface area contributed by atoms with Crippen LogP contribution in [-0.2, 0) is 23.7 Å². The van der Waals surface area contributed by atoms with Gasteiger partial charge in [0, 0.05) is 49.3 Å². The van der Waals surface area contributed by atoms with Gasteiger partial charge < -0.3 is 15.2 Å². The van der Waals surface area contributed by atoms with E-state index in [2.05, 4.69) is 20.7 Å². The Labute approximate surface area is 148 Å². The molecule has 0 fully saturated rings. The van der Waals surface area contributed by atoms with Crippen molar-refractivity contribution in [3.63, 3.8) is 0 Å². The fourth-order valence-corrected chi connectivity index (χ4v) is 2.81. The number of aryl methyl sites for hydroxylation is 2. The Morgan fingerprint density at radius 3 is 2.32 bits per heavy atom. The predicted octanol–water partition coefficient (Wildman–Crippen LogP) is 1.88. The normalized spacial score (nSPS) is 10.5. The van der Waals surface area contributed by atoms with Gasteiger partial charge >= 0.3 is 11.8 Å². The van der Waals surface area contributed by atoms with Gasteiger partial charge in [-0.15, -0.1) is 0 Å². The number of carbonyl (C=O) groups is 2. The van der Waals surface area contributed by atoms with Gasteiger partial charge in [0.1, 0.15) is 0 Å². The summed E-state index contributed by atoms with van der Waals surface area (Å²) >= 11 is 1.51. The molecular formula is C16H16N6O2S. The van der Waals surface area contributed by atoms with E-state index in [0.29, 0.717) is 11.5 Å². The van der Waals surface area contributed by atoms with Crippen molar-refractivity contribution < 1.29 is 9.59 Å². The summed E-state index contributed by atoms with van der Waals surface area (Å²) in [4.78, 5) is 29.0. The van der Waals surface area contributed by atoms with Crippen molar-refractivity contribution in [1.82, 2.24) is 19.3 Å². The molecule has 0 saturated carbocycles. The third kappa shape index (κ3) is 4.27. The summed E-state index contributed by atoms with van der Waals surface area (Å²) in [6.07, 6.45) is 5.28. The number of rotatable bonds is 4. The molecule has 3 rings (SSSR count). The molecule has 2 N–H and O–H groups in total. The number of amides is 2. The molecule has 0 aliphatic heterocycles. The summed E-state index contributed by atoms with van der Waals surface area (Å²) < 4.78 is 3.45. The molecule has 0 aliphatic rings. The van der Waals surface area contributed by atoms with Crippen molar-refractivity contribution in [1.29, 1.82) is 0 Å². The molecule has 0 atom stereocenters. The second kappa shape index (κ2) is 7.22. The van der Waals surface area contributed by atoms with E-state index in [1.165, 1.54) is 16.4 Å². The van der Waals surface area contributed by atoms with Gasteiger partial charge in [-0.05, 0) is 24.3 Å². The van der Waals surface area contributed by atoms with Crippen LogP contribution in [0.1, 0.15) is 0 Å². The number of aromatic nitrogens is 4. The highest BCUT2D eigenvalue weighted by atomic mass is 32.2. The molecule has 0 spiro atoms. The minimum Gasteiger partial charge on any atom is -0.329 e. The molecule has 128 valence electrons. The number of nitrogens with one attached hydrogen (secondary N) is 2. The molecule has 0 bridgehead atoms. The average molecular weight is 356 g/mol. The minimum absolute atomic E-state index is 0.324. The molecule has 2 amide bonds. The van der Waals surface area contributed by atoms with Crippen LogP contribution in [-0.4, -0.2) is 31.1 Å². The highest BCUT2D eigenvalue weighted by Crippen LogP contribution is 2.26. The maximum atomic E-state index is 11.9. The Kier molecular flexibility index (Phi) is 4.85. The number of benzene rings is 1. The molecule has 2 aromatic heterocycles. The van der Waals surface area contributed by atoms with Crippen LogP contribution in [0.5, 0.6) is 0 Å². The molecule has 9 heteroatoms. The van der Waals surface area contributed by atoms with Crippen LogP contribution in [0.15, 0.2) is 59.0 Å². The maximum absolute atomic E-state index is 11.9. The highest BCUT2D eigenvalue weighted by Gasteiger charge is 2.15. The number of hydrogen-bond donors (Lipinski definition) is 2. The first-order valence-corrected chi connectivity index (χ1v) is 8.20.